The van der Waals surface area contributed by atoms with Crippen molar-refractivity contribution in [3.05, 3.63) is 88.0 Å². The van der Waals surface area contributed by atoms with Crippen LogP contribution in [-0.4, -0.2) is 9.78 Å². The Bertz CT molecular complexity index is 1030. The van der Waals surface area contributed by atoms with Gasteiger partial charge in [-0.1, -0.05) is 0 Å². The molecule has 0 fully saturated rings. The molecule has 2 aromatic carbocycles. The molecule has 0 N–H and O–H groups in total. The van der Waals surface area contributed by atoms with Crippen LogP contribution in [0.1, 0.15) is 21.8 Å². The van der Waals surface area contributed by atoms with E-state index in [1.165, 1.54) is 27.7 Å². The van der Waals surface area contributed by atoms with Crippen molar-refractivity contribution >= 4 is 22.7 Å². The fourth-order valence-electron chi connectivity index (χ4n) is 3.56. The largest absolute Gasteiger partial charge is 1.00 e. The molecular weight excluding hydrogens is 399 g/mol. The van der Waals surface area contributed by atoms with Crippen molar-refractivity contribution in [1.82, 2.24) is 9.78 Å². The second-order valence-corrected chi connectivity index (χ2v) is 8.57. The predicted molar refractivity (Wildman–Crippen MR) is 94.9 cm³/mol. The molecule has 5 rings (SSSR count). The summed E-state index contributed by atoms with van der Waals surface area (Å²) in [5.74, 6) is 0. The molecule has 2 aliphatic carbocycles. The van der Waals surface area contributed by atoms with Gasteiger partial charge in [0.15, 0.2) is 0 Å². The van der Waals surface area contributed by atoms with Gasteiger partial charge < -0.3 is 24.8 Å². The number of fused-ring (bicyclic) bond motifs is 2. The summed E-state index contributed by atoms with van der Waals surface area (Å²) in [5.41, 5.74) is 5.36. The molecule has 0 amide bonds. The van der Waals surface area contributed by atoms with Crippen LogP contribution in [0.5, 0.6) is 0 Å². The van der Waals surface area contributed by atoms with Gasteiger partial charge in [0.25, 0.3) is 0 Å². The van der Waals surface area contributed by atoms with Crippen molar-refractivity contribution in [3.63, 3.8) is 0 Å². The van der Waals surface area contributed by atoms with E-state index in [9.17, 15) is 0 Å². The van der Waals surface area contributed by atoms with Crippen LogP contribution in [0.2, 0.25) is 0 Å². The van der Waals surface area contributed by atoms with Crippen molar-refractivity contribution in [2.75, 3.05) is 0 Å². The molecule has 3 aromatic rings. The minimum absolute atomic E-state index is 0. The Balaban J connectivity index is 0.000000980. The molecule has 5 heteroatoms. The van der Waals surface area contributed by atoms with Gasteiger partial charge in [-0.2, -0.15) is 0 Å². The van der Waals surface area contributed by atoms with E-state index in [0.29, 0.717) is 4.22 Å². The Morgan fingerprint density at radius 2 is 1.81 bits per heavy atom. The van der Waals surface area contributed by atoms with Crippen molar-refractivity contribution in [3.8, 4) is 0 Å². The van der Waals surface area contributed by atoms with Crippen molar-refractivity contribution < 1.29 is 44.0 Å². The normalized spacial score (nSPS) is 17.0. The van der Waals surface area contributed by atoms with Gasteiger partial charge in [0.05, 0.1) is 0 Å². The summed E-state index contributed by atoms with van der Waals surface area (Å²) in [6.07, 6.45) is 12.2. The molecule has 26 heavy (non-hydrogen) atoms. The summed E-state index contributed by atoms with van der Waals surface area (Å²) in [4.78, 5) is 0. The van der Waals surface area contributed by atoms with E-state index in [1.54, 1.807) is 3.88 Å². The van der Waals surface area contributed by atoms with E-state index >= 15 is 0 Å². The van der Waals surface area contributed by atoms with Gasteiger partial charge >= 0.3 is 150 Å². The second-order valence-electron chi connectivity index (χ2n) is 6.21. The summed E-state index contributed by atoms with van der Waals surface area (Å²) >= 11 is -0.264. The van der Waals surface area contributed by atoms with Crippen LogP contribution in [0.4, 0.5) is 0 Å². The van der Waals surface area contributed by atoms with Gasteiger partial charge in [-0.3, -0.25) is 0 Å². The Morgan fingerprint density at radius 3 is 2.65 bits per heavy atom. The summed E-state index contributed by atoms with van der Waals surface area (Å²) in [6, 6.07) is 17.3. The molecule has 1 atom stereocenters. The SMILES string of the molecule is C1=CC[C]([Ti+2][CH]2C(n3ncc4ccccc43)=Cc3ccccc32)=C1.[Cl-].[Cl-]. The quantitative estimate of drug-likeness (QED) is 0.504. The molecule has 2 aliphatic rings. The number of rotatable bonds is 3. The fraction of sp³-hybridized carbons (Fsp3) is 0.0952. The number of hydrogen-bond acceptors (Lipinski definition) is 1. The number of hydrogen-bond donors (Lipinski definition) is 0. The number of benzene rings is 2. The fourth-order valence-corrected chi connectivity index (χ4v) is 6.01. The van der Waals surface area contributed by atoms with E-state index in [2.05, 4.69) is 77.5 Å². The topological polar surface area (TPSA) is 17.8 Å². The molecule has 0 aliphatic heterocycles. The Kier molecular flexibility index (Phi) is 5.89. The zero-order chi connectivity index (χ0) is 15.9. The molecule has 128 valence electrons. The molecule has 2 nitrogen and oxygen atoms in total. The van der Waals surface area contributed by atoms with Gasteiger partial charge in [-0.05, 0) is 0 Å². The van der Waals surface area contributed by atoms with Gasteiger partial charge in [-0.25, -0.2) is 0 Å². The monoisotopic (exact) mass is 414 g/mol. The average Bonchev–Trinajstić information content (AvgIpc) is 3.34. The maximum Gasteiger partial charge on any atom is -1.00 e. The van der Waals surface area contributed by atoms with Crippen molar-refractivity contribution in [2.45, 2.75) is 10.6 Å². The van der Waals surface area contributed by atoms with Crippen LogP contribution in [0.3, 0.4) is 0 Å². The van der Waals surface area contributed by atoms with Crippen LogP contribution in [0, 0.1) is 0 Å². The van der Waals surface area contributed by atoms with Gasteiger partial charge in [-0.15, -0.1) is 0 Å². The summed E-state index contributed by atoms with van der Waals surface area (Å²) < 4.78 is 4.28. The second kappa shape index (κ2) is 7.98. The minimum atomic E-state index is -0.264. The molecule has 0 bridgehead atoms. The number of aromatic nitrogens is 2. The predicted octanol–water partition coefficient (Wildman–Crippen LogP) is -0.977. The van der Waals surface area contributed by atoms with Crippen LogP contribution >= 0.6 is 0 Å². The van der Waals surface area contributed by atoms with Crippen molar-refractivity contribution in [2.24, 2.45) is 0 Å². The van der Waals surface area contributed by atoms with Crippen LogP contribution < -0.4 is 24.8 Å². The summed E-state index contributed by atoms with van der Waals surface area (Å²) in [7, 11) is 0. The molecule has 1 heterocycles. The number of nitrogens with zero attached hydrogens (tertiary/aromatic N) is 2. The third-order valence-electron chi connectivity index (χ3n) is 4.73. The molecule has 0 radical (unpaired) electrons. The Hall–Kier alpha value is -1.58. The summed E-state index contributed by atoms with van der Waals surface area (Å²) in [5, 5.41) is 5.92. The number of para-hydroxylation sites is 1. The van der Waals surface area contributed by atoms with Crippen LogP contribution in [0.15, 0.2) is 76.8 Å². The zero-order valence-electron chi connectivity index (χ0n) is 13.9. The maximum absolute atomic E-state index is 4.72. The molecular formula is C21H16Cl2N2Ti. The van der Waals surface area contributed by atoms with Crippen LogP contribution in [-0.2, 0) is 19.2 Å². The average molecular weight is 415 g/mol. The van der Waals surface area contributed by atoms with E-state index < -0.39 is 0 Å². The first-order valence-corrected chi connectivity index (χ1v) is 9.94. The standard InChI is InChI=1S/C16H11N2.C5H5.2ClH.Ti/c1-2-6-13-10-15(9-12(13)5-1)18-16-8-4-3-7-14(16)11-17-18;1-2-4-5-3-1;;;/h1-11H;1-3H,4H2;2*1H;/q;;;;+2/p-2. The van der Waals surface area contributed by atoms with Crippen LogP contribution in [0.25, 0.3) is 22.7 Å². The number of halogens is 2. The van der Waals surface area contributed by atoms with E-state index in [0.717, 1.165) is 6.42 Å². The number of allylic oxidation sites excluding steroid dienone is 5. The zero-order valence-corrected chi connectivity index (χ0v) is 17.0. The van der Waals surface area contributed by atoms with Gasteiger partial charge in [0.1, 0.15) is 0 Å². The molecule has 1 unspecified atom stereocenters. The Labute approximate surface area is 174 Å². The van der Waals surface area contributed by atoms with E-state index in [-0.39, 0.29) is 44.0 Å². The minimum Gasteiger partial charge on any atom is -1.00 e. The third kappa shape index (κ3) is 3.23. The molecule has 0 saturated carbocycles. The maximum atomic E-state index is 4.72. The van der Waals surface area contributed by atoms with Gasteiger partial charge in [0, 0.05) is 0 Å². The first-order chi connectivity index (χ1) is 11.9. The van der Waals surface area contributed by atoms with Crippen molar-refractivity contribution in [1.29, 1.82) is 0 Å². The van der Waals surface area contributed by atoms with E-state index in [4.69, 9.17) is 5.10 Å². The first-order valence-electron chi connectivity index (χ1n) is 8.26. The first kappa shape index (κ1) is 19.2. The summed E-state index contributed by atoms with van der Waals surface area (Å²) in [6.45, 7) is 0. The van der Waals surface area contributed by atoms with Gasteiger partial charge in [0.2, 0.25) is 0 Å². The van der Waals surface area contributed by atoms with E-state index in [1.807, 2.05) is 6.20 Å². The molecule has 1 aromatic heterocycles. The third-order valence-corrected chi connectivity index (χ3v) is 7.29. The smallest absolute Gasteiger partial charge is 1.00 e. The molecule has 0 saturated heterocycles. The Morgan fingerprint density at radius 1 is 1.00 bits per heavy atom. The molecule has 0 spiro atoms.